The van der Waals surface area contributed by atoms with E-state index in [0.717, 1.165) is 6.54 Å². The molecule has 0 bridgehead atoms. The van der Waals surface area contributed by atoms with Crippen molar-refractivity contribution in [1.29, 1.82) is 0 Å². The summed E-state index contributed by atoms with van der Waals surface area (Å²) in [4.78, 5) is 25.4. The fourth-order valence-corrected chi connectivity index (χ4v) is 2.17. The molecule has 0 aromatic heterocycles. The average Bonchev–Trinajstić information content (AvgIpc) is 2.46. The molecule has 1 saturated heterocycles. The Balaban J connectivity index is 2.09. The van der Waals surface area contributed by atoms with Crippen molar-refractivity contribution in [2.75, 3.05) is 26.7 Å². The maximum Gasteiger partial charge on any atom is 0.337 e. The number of benzene rings is 1. The molecule has 1 aromatic rings. The molecule has 19 heavy (non-hydrogen) atoms. The lowest BCUT2D eigenvalue weighted by Gasteiger charge is -2.32. The molecule has 1 aliphatic rings. The number of nitrogens with zero attached hydrogens (tertiary/aromatic N) is 1. The third-order valence-corrected chi connectivity index (χ3v) is 3.21. The second kappa shape index (κ2) is 5.84. The van der Waals surface area contributed by atoms with Crippen molar-refractivity contribution in [3.8, 4) is 0 Å². The zero-order valence-electron chi connectivity index (χ0n) is 11.2. The summed E-state index contributed by atoms with van der Waals surface area (Å²) < 4.78 is 4.62. The number of hydrogen-bond donors (Lipinski definition) is 1. The first-order valence-electron chi connectivity index (χ1n) is 6.33. The van der Waals surface area contributed by atoms with Crippen molar-refractivity contribution in [2.24, 2.45) is 0 Å². The smallest absolute Gasteiger partial charge is 0.337 e. The zero-order valence-corrected chi connectivity index (χ0v) is 11.2. The first-order chi connectivity index (χ1) is 9.11. The van der Waals surface area contributed by atoms with Crippen LogP contribution >= 0.6 is 0 Å². The number of nitrogens with one attached hydrogen (secondary N) is 1. The fraction of sp³-hybridized carbons (Fsp3) is 0.429. The van der Waals surface area contributed by atoms with Crippen LogP contribution in [0.15, 0.2) is 24.3 Å². The van der Waals surface area contributed by atoms with Gasteiger partial charge in [-0.05, 0) is 31.2 Å². The van der Waals surface area contributed by atoms with Crippen LogP contribution in [0.1, 0.15) is 27.6 Å². The number of esters is 1. The van der Waals surface area contributed by atoms with Crippen molar-refractivity contribution in [1.82, 2.24) is 10.2 Å². The molecule has 1 atom stereocenters. The van der Waals surface area contributed by atoms with E-state index in [-0.39, 0.29) is 5.91 Å². The number of ether oxygens (including phenoxy) is 1. The SMILES string of the molecule is COC(=O)c1ccc(C(=O)N2CCNC(C)C2)cc1. The lowest BCUT2D eigenvalue weighted by molar-refractivity contribution is 0.0599. The van der Waals surface area contributed by atoms with Crippen LogP contribution in [0.4, 0.5) is 0 Å². The number of rotatable bonds is 2. The molecule has 0 aliphatic carbocycles. The van der Waals surface area contributed by atoms with Gasteiger partial charge in [0.15, 0.2) is 0 Å². The number of amides is 1. The van der Waals surface area contributed by atoms with Gasteiger partial charge in [0.2, 0.25) is 0 Å². The number of hydrogen-bond acceptors (Lipinski definition) is 4. The van der Waals surface area contributed by atoms with Crippen LogP contribution in [0, 0.1) is 0 Å². The minimum atomic E-state index is -0.394. The van der Waals surface area contributed by atoms with Gasteiger partial charge in [0, 0.05) is 31.2 Å². The summed E-state index contributed by atoms with van der Waals surface area (Å²) in [5.41, 5.74) is 1.05. The quantitative estimate of drug-likeness (QED) is 0.805. The van der Waals surface area contributed by atoms with E-state index in [1.54, 1.807) is 24.3 Å². The van der Waals surface area contributed by atoms with E-state index in [1.807, 2.05) is 4.90 Å². The first kappa shape index (κ1) is 13.5. The Hall–Kier alpha value is -1.88. The molecular formula is C14H18N2O3. The van der Waals surface area contributed by atoms with E-state index in [1.165, 1.54) is 7.11 Å². The minimum Gasteiger partial charge on any atom is -0.465 e. The molecule has 5 heteroatoms. The van der Waals surface area contributed by atoms with Gasteiger partial charge >= 0.3 is 5.97 Å². The summed E-state index contributed by atoms with van der Waals surface area (Å²) >= 11 is 0. The van der Waals surface area contributed by atoms with Gasteiger partial charge in [0.1, 0.15) is 0 Å². The van der Waals surface area contributed by atoms with Crippen LogP contribution < -0.4 is 5.32 Å². The van der Waals surface area contributed by atoms with E-state index in [4.69, 9.17) is 0 Å². The van der Waals surface area contributed by atoms with Crippen molar-refractivity contribution in [3.05, 3.63) is 35.4 Å². The Bertz CT molecular complexity index is 470. The zero-order chi connectivity index (χ0) is 13.8. The highest BCUT2D eigenvalue weighted by Crippen LogP contribution is 2.10. The summed E-state index contributed by atoms with van der Waals surface area (Å²) in [7, 11) is 1.34. The normalized spacial score (nSPS) is 19.1. The molecule has 1 unspecified atom stereocenters. The monoisotopic (exact) mass is 262 g/mol. The predicted octanol–water partition coefficient (Wildman–Crippen LogP) is 0.907. The van der Waals surface area contributed by atoms with Crippen molar-refractivity contribution >= 4 is 11.9 Å². The van der Waals surface area contributed by atoms with E-state index in [0.29, 0.717) is 30.3 Å². The summed E-state index contributed by atoms with van der Waals surface area (Å²) in [5, 5.41) is 3.29. The molecule has 1 N–H and O–H groups in total. The topological polar surface area (TPSA) is 58.6 Å². The van der Waals surface area contributed by atoms with Crippen LogP contribution in [0.2, 0.25) is 0 Å². The standard InChI is InChI=1S/C14H18N2O3/c1-10-9-16(8-7-15-10)13(17)11-3-5-12(6-4-11)14(18)19-2/h3-6,10,15H,7-9H2,1-2H3. The summed E-state index contributed by atoms with van der Waals surface area (Å²) in [6, 6.07) is 6.88. The highest BCUT2D eigenvalue weighted by Gasteiger charge is 2.21. The predicted molar refractivity (Wildman–Crippen MR) is 71.1 cm³/mol. The van der Waals surface area contributed by atoms with Gasteiger partial charge in [-0.25, -0.2) is 4.79 Å². The molecule has 0 spiro atoms. The fourth-order valence-electron chi connectivity index (χ4n) is 2.17. The molecule has 2 rings (SSSR count). The van der Waals surface area contributed by atoms with Gasteiger partial charge in [0.25, 0.3) is 5.91 Å². The highest BCUT2D eigenvalue weighted by molar-refractivity contribution is 5.96. The second-order valence-electron chi connectivity index (χ2n) is 4.68. The van der Waals surface area contributed by atoms with Crippen LogP contribution in [0.3, 0.4) is 0 Å². The third-order valence-electron chi connectivity index (χ3n) is 3.21. The Morgan fingerprint density at radius 1 is 1.26 bits per heavy atom. The van der Waals surface area contributed by atoms with E-state index < -0.39 is 5.97 Å². The van der Waals surface area contributed by atoms with Crippen molar-refractivity contribution < 1.29 is 14.3 Å². The Morgan fingerprint density at radius 3 is 2.47 bits per heavy atom. The molecule has 1 aliphatic heterocycles. The number of piperazine rings is 1. The summed E-state index contributed by atoms with van der Waals surface area (Å²) in [6.07, 6.45) is 0. The van der Waals surface area contributed by atoms with Gasteiger partial charge in [-0.3, -0.25) is 4.79 Å². The Morgan fingerprint density at radius 2 is 1.89 bits per heavy atom. The van der Waals surface area contributed by atoms with Crippen molar-refractivity contribution in [3.63, 3.8) is 0 Å². The van der Waals surface area contributed by atoms with Gasteiger partial charge in [-0.1, -0.05) is 0 Å². The van der Waals surface area contributed by atoms with Crippen molar-refractivity contribution in [2.45, 2.75) is 13.0 Å². The number of carbonyl (C=O) groups is 2. The highest BCUT2D eigenvalue weighted by atomic mass is 16.5. The molecule has 0 radical (unpaired) electrons. The Kier molecular flexibility index (Phi) is 4.16. The molecule has 102 valence electrons. The molecule has 1 aromatic carbocycles. The van der Waals surface area contributed by atoms with E-state index >= 15 is 0 Å². The van der Waals surface area contributed by atoms with E-state index in [2.05, 4.69) is 17.0 Å². The maximum atomic E-state index is 12.3. The van der Waals surface area contributed by atoms with Crippen LogP contribution in [0.5, 0.6) is 0 Å². The molecule has 1 fully saturated rings. The Labute approximate surface area is 112 Å². The lowest BCUT2D eigenvalue weighted by Crippen LogP contribution is -2.51. The van der Waals surface area contributed by atoms with Crippen LogP contribution in [0.25, 0.3) is 0 Å². The lowest BCUT2D eigenvalue weighted by atomic mass is 10.1. The molecule has 1 amide bonds. The van der Waals surface area contributed by atoms with Crippen LogP contribution in [-0.4, -0.2) is 49.6 Å². The van der Waals surface area contributed by atoms with E-state index in [9.17, 15) is 9.59 Å². The number of methoxy groups -OCH3 is 1. The molecule has 1 heterocycles. The molecular weight excluding hydrogens is 244 g/mol. The second-order valence-corrected chi connectivity index (χ2v) is 4.68. The summed E-state index contributed by atoms with van der Waals surface area (Å²) in [5.74, 6) is -0.389. The molecule has 5 nitrogen and oxygen atoms in total. The minimum absolute atomic E-state index is 0.00441. The average molecular weight is 262 g/mol. The largest absolute Gasteiger partial charge is 0.465 e. The third kappa shape index (κ3) is 3.12. The number of carbonyl (C=O) groups excluding carboxylic acids is 2. The van der Waals surface area contributed by atoms with Gasteiger partial charge in [-0.2, -0.15) is 0 Å². The van der Waals surface area contributed by atoms with Gasteiger partial charge in [-0.15, -0.1) is 0 Å². The summed E-state index contributed by atoms with van der Waals surface area (Å²) in [6.45, 7) is 4.28. The molecule has 0 saturated carbocycles. The van der Waals surface area contributed by atoms with Gasteiger partial charge in [0.05, 0.1) is 12.7 Å². The van der Waals surface area contributed by atoms with Crippen LogP contribution in [-0.2, 0) is 4.74 Å². The maximum absolute atomic E-state index is 12.3. The van der Waals surface area contributed by atoms with Gasteiger partial charge < -0.3 is 15.0 Å². The first-order valence-corrected chi connectivity index (χ1v) is 6.33.